The molecule has 2 heteroatoms. The summed E-state index contributed by atoms with van der Waals surface area (Å²) in [6, 6.07) is 10.8. The van der Waals surface area contributed by atoms with Gasteiger partial charge in [0.2, 0.25) is 0 Å². The Bertz CT molecular complexity index is 444. The van der Waals surface area contributed by atoms with Gasteiger partial charge in [0, 0.05) is 18.0 Å². The third-order valence-electron chi connectivity index (χ3n) is 4.19. The van der Waals surface area contributed by atoms with Crippen LogP contribution in [0.15, 0.2) is 54.6 Å². The number of aliphatic hydroxyl groups is 1. The van der Waals surface area contributed by atoms with Crippen LogP contribution in [0.5, 0.6) is 0 Å². The molecule has 0 bridgehead atoms. The van der Waals surface area contributed by atoms with Gasteiger partial charge in [0.15, 0.2) is 0 Å². The van der Waals surface area contributed by atoms with Crippen molar-refractivity contribution >= 4 is 0 Å². The third kappa shape index (κ3) is 2.96. The predicted molar refractivity (Wildman–Crippen MR) is 80.2 cm³/mol. The van der Waals surface area contributed by atoms with E-state index in [0.717, 1.165) is 19.4 Å². The molecule has 0 atom stereocenters. The van der Waals surface area contributed by atoms with E-state index in [1.165, 1.54) is 11.1 Å². The number of hydrogen-bond donors (Lipinski definition) is 2. The maximum atomic E-state index is 9.72. The summed E-state index contributed by atoms with van der Waals surface area (Å²) in [6.07, 6.45) is 5.97. The number of hydrogen-bond acceptors (Lipinski definition) is 2. The molecular weight excluding hydrogens is 234 g/mol. The third-order valence-corrected chi connectivity index (χ3v) is 4.19. The minimum Gasteiger partial charge on any atom is -0.395 e. The highest BCUT2D eigenvalue weighted by Crippen LogP contribution is 2.43. The van der Waals surface area contributed by atoms with Gasteiger partial charge < -0.3 is 10.4 Å². The molecule has 19 heavy (non-hydrogen) atoms. The fourth-order valence-corrected chi connectivity index (χ4v) is 2.83. The Morgan fingerprint density at radius 2 is 2.11 bits per heavy atom. The first-order valence-corrected chi connectivity index (χ1v) is 6.91. The van der Waals surface area contributed by atoms with Crippen molar-refractivity contribution in [3.8, 4) is 0 Å². The molecule has 0 aromatic heterocycles. The summed E-state index contributed by atoms with van der Waals surface area (Å²) < 4.78 is 0. The van der Waals surface area contributed by atoms with Crippen molar-refractivity contribution in [2.45, 2.75) is 31.2 Å². The summed E-state index contributed by atoms with van der Waals surface area (Å²) >= 11 is 0. The van der Waals surface area contributed by atoms with E-state index < -0.39 is 0 Å². The quantitative estimate of drug-likeness (QED) is 0.768. The van der Waals surface area contributed by atoms with Crippen LogP contribution in [0.4, 0.5) is 0 Å². The van der Waals surface area contributed by atoms with Crippen LogP contribution in [0.3, 0.4) is 0 Å². The van der Waals surface area contributed by atoms with Crippen molar-refractivity contribution in [3.05, 3.63) is 60.2 Å². The maximum Gasteiger partial charge on any atom is 0.0529 e. The lowest BCUT2D eigenvalue weighted by atomic mass is 9.62. The first kappa shape index (κ1) is 14.0. The van der Waals surface area contributed by atoms with E-state index in [1.807, 2.05) is 31.2 Å². The molecule has 1 aromatic carbocycles. The van der Waals surface area contributed by atoms with E-state index in [1.54, 1.807) is 0 Å². The van der Waals surface area contributed by atoms with Crippen molar-refractivity contribution in [2.75, 3.05) is 13.2 Å². The van der Waals surface area contributed by atoms with E-state index in [4.69, 9.17) is 0 Å². The van der Waals surface area contributed by atoms with Gasteiger partial charge in [-0.1, -0.05) is 49.1 Å². The first-order valence-electron chi connectivity index (χ1n) is 6.91. The number of nitrogens with one attached hydrogen (secondary N) is 1. The fraction of sp³-hybridized carbons (Fsp3) is 0.412. The van der Waals surface area contributed by atoms with Crippen molar-refractivity contribution in [1.82, 2.24) is 5.32 Å². The zero-order valence-corrected chi connectivity index (χ0v) is 11.6. The van der Waals surface area contributed by atoms with E-state index >= 15 is 0 Å². The van der Waals surface area contributed by atoms with Gasteiger partial charge in [0.1, 0.15) is 0 Å². The summed E-state index contributed by atoms with van der Waals surface area (Å²) in [4.78, 5) is 0. The van der Waals surface area contributed by atoms with Gasteiger partial charge in [0.05, 0.1) is 6.61 Å². The van der Waals surface area contributed by atoms with Gasteiger partial charge in [-0.2, -0.15) is 0 Å². The van der Waals surface area contributed by atoms with E-state index in [-0.39, 0.29) is 12.0 Å². The Hall–Kier alpha value is -1.38. The molecule has 0 amide bonds. The summed E-state index contributed by atoms with van der Waals surface area (Å²) in [7, 11) is 0. The largest absolute Gasteiger partial charge is 0.395 e. The Kier molecular flexibility index (Phi) is 4.56. The standard InChI is InChI=1S/C17H23NO/c1-3-14(4-2)12-18-16-10-17(11-16,13-19)15-8-6-5-7-9-15/h3-9,16,18-19H,1,10-13H2,2H3/b14-4+. The highest BCUT2D eigenvalue weighted by molar-refractivity contribution is 5.30. The number of allylic oxidation sites excluding steroid dienone is 1. The molecule has 1 saturated carbocycles. The smallest absolute Gasteiger partial charge is 0.0529 e. The van der Waals surface area contributed by atoms with Crippen LogP contribution in [0, 0.1) is 0 Å². The molecule has 0 spiro atoms. The zero-order chi connectivity index (χ0) is 13.7. The number of benzene rings is 1. The first-order chi connectivity index (χ1) is 9.24. The molecule has 2 rings (SSSR count). The highest BCUT2D eigenvalue weighted by Gasteiger charge is 2.44. The minimum atomic E-state index is -0.0385. The van der Waals surface area contributed by atoms with Crippen LogP contribution in [-0.4, -0.2) is 24.3 Å². The molecule has 1 aliphatic carbocycles. The zero-order valence-electron chi connectivity index (χ0n) is 11.6. The Morgan fingerprint density at radius 1 is 1.42 bits per heavy atom. The normalized spacial score (nSPS) is 26.8. The second-order valence-corrected chi connectivity index (χ2v) is 5.36. The average Bonchev–Trinajstić information content (AvgIpc) is 2.43. The van der Waals surface area contributed by atoms with E-state index in [0.29, 0.717) is 6.04 Å². The Morgan fingerprint density at radius 3 is 2.63 bits per heavy atom. The van der Waals surface area contributed by atoms with Crippen LogP contribution in [0.1, 0.15) is 25.3 Å². The lowest BCUT2D eigenvalue weighted by Gasteiger charge is -2.47. The minimum absolute atomic E-state index is 0.0385. The maximum absolute atomic E-state index is 9.72. The van der Waals surface area contributed by atoms with Gasteiger partial charge in [0.25, 0.3) is 0 Å². The molecule has 2 N–H and O–H groups in total. The molecule has 1 fully saturated rings. The molecule has 0 unspecified atom stereocenters. The molecule has 0 radical (unpaired) electrons. The Labute approximate surface area is 115 Å². The topological polar surface area (TPSA) is 32.3 Å². The summed E-state index contributed by atoms with van der Waals surface area (Å²) in [6.45, 7) is 6.92. The average molecular weight is 257 g/mol. The molecule has 2 nitrogen and oxygen atoms in total. The van der Waals surface area contributed by atoms with Gasteiger partial charge in [-0.3, -0.25) is 0 Å². The van der Waals surface area contributed by atoms with Gasteiger partial charge in [-0.25, -0.2) is 0 Å². The molecular formula is C17H23NO. The fourth-order valence-electron chi connectivity index (χ4n) is 2.83. The molecule has 1 aromatic rings. The molecule has 0 aliphatic heterocycles. The monoisotopic (exact) mass is 257 g/mol. The van der Waals surface area contributed by atoms with Crippen molar-refractivity contribution < 1.29 is 5.11 Å². The molecule has 1 aliphatic rings. The van der Waals surface area contributed by atoms with Crippen molar-refractivity contribution in [3.63, 3.8) is 0 Å². The number of rotatable bonds is 6. The Balaban J connectivity index is 1.91. The lowest BCUT2D eigenvalue weighted by Crippen LogP contribution is -2.53. The van der Waals surface area contributed by atoms with Crippen molar-refractivity contribution in [2.24, 2.45) is 0 Å². The van der Waals surface area contributed by atoms with Crippen LogP contribution in [0.25, 0.3) is 0 Å². The van der Waals surface area contributed by atoms with Crippen LogP contribution in [-0.2, 0) is 5.41 Å². The summed E-state index contributed by atoms with van der Waals surface area (Å²) in [5.74, 6) is 0. The lowest BCUT2D eigenvalue weighted by molar-refractivity contribution is 0.0873. The van der Waals surface area contributed by atoms with Gasteiger partial charge in [-0.15, -0.1) is 0 Å². The second-order valence-electron chi connectivity index (χ2n) is 5.36. The van der Waals surface area contributed by atoms with Crippen LogP contribution < -0.4 is 5.32 Å². The molecule has 0 saturated heterocycles. The second kappa shape index (κ2) is 6.18. The van der Waals surface area contributed by atoms with Crippen LogP contribution >= 0.6 is 0 Å². The summed E-state index contributed by atoms with van der Waals surface area (Å²) in [5.41, 5.74) is 2.44. The van der Waals surface area contributed by atoms with Gasteiger partial charge >= 0.3 is 0 Å². The highest BCUT2D eigenvalue weighted by atomic mass is 16.3. The van der Waals surface area contributed by atoms with Gasteiger partial charge in [-0.05, 0) is 30.9 Å². The van der Waals surface area contributed by atoms with Crippen molar-refractivity contribution in [1.29, 1.82) is 0 Å². The molecule has 102 valence electrons. The molecule has 0 heterocycles. The predicted octanol–water partition coefficient (Wildman–Crippen LogP) is 2.80. The van der Waals surface area contributed by atoms with E-state index in [9.17, 15) is 5.11 Å². The SMILES string of the molecule is C=C/C(=C\C)CNC1CC(CO)(c2ccccc2)C1. The summed E-state index contributed by atoms with van der Waals surface area (Å²) in [5, 5.41) is 13.3. The van der Waals surface area contributed by atoms with Crippen LogP contribution in [0.2, 0.25) is 0 Å². The number of aliphatic hydroxyl groups excluding tert-OH is 1. The van der Waals surface area contributed by atoms with E-state index in [2.05, 4.69) is 30.1 Å².